The summed E-state index contributed by atoms with van der Waals surface area (Å²) in [5.41, 5.74) is 1.33. The minimum atomic E-state index is -0.509. The van der Waals surface area contributed by atoms with Gasteiger partial charge in [0, 0.05) is 25.7 Å². The zero-order chi connectivity index (χ0) is 21.2. The number of pyridine rings is 1. The van der Waals surface area contributed by atoms with E-state index in [1.165, 1.54) is 0 Å². The third-order valence-corrected chi connectivity index (χ3v) is 4.89. The lowest BCUT2D eigenvalue weighted by molar-refractivity contribution is 0.0191. The smallest absolute Gasteiger partial charge is 0.410 e. The first-order chi connectivity index (χ1) is 13.7. The molecule has 0 radical (unpaired) electrons. The molecule has 0 aliphatic carbocycles. The highest BCUT2D eigenvalue weighted by molar-refractivity contribution is 5.70. The molecule has 2 aliphatic heterocycles. The van der Waals surface area contributed by atoms with Crippen molar-refractivity contribution in [2.75, 3.05) is 24.5 Å². The van der Waals surface area contributed by atoms with E-state index in [1.54, 1.807) is 11.0 Å². The van der Waals surface area contributed by atoms with Crippen molar-refractivity contribution in [3.63, 3.8) is 0 Å². The fourth-order valence-electron chi connectivity index (χ4n) is 3.78. The molecule has 29 heavy (non-hydrogen) atoms. The van der Waals surface area contributed by atoms with Gasteiger partial charge in [0.2, 0.25) is 0 Å². The van der Waals surface area contributed by atoms with Crippen LogP contribution in [0.2, 0.25) is 0 Å². The molecule has 1 aromatic rings. The predicted octanol–water partition coefficient (Wildman–Crippen LogP) is 2.86. The topological polar surface area (TPSA) is 84.0 Å². The second-order valence-electron chi connectivity index (χ2n) is 8.53. The standard InChI is InChI=1S/C21H30N4O4/c1-6-9-22-19(26)28-13-16-8-7-15-10-17-12-24(20(27)29-21(3,4)5)11-14(2)25(17)18(15)23-16/h6-8,14,17H,1,9-13H2,2-5H3,(H,22,26). The van der Waals surface area contributed by atoms with Crippen molar-refractivity contribution in [3.05, 3.63) is 36.0 Å². The van der Waals surface area contributed by atoms with Crippen molar-refractivity contribution in [3.8, 4) is 0 Å². The van der Waals surface area contributed by atoms with Gasteiger partial charge in [0.1, 0.15) is 18.0 Å². The highest BCUT2D eigenvalue weighted by Crippen LogP contribution is 2.35. The third kappa shape index (κ3) is 4.99. The van der Waals surface area contributed by atoms with Crippen LogP contribution < -0.4 is 10.2 Å². The van der Waals surface area contributed by atoms with E-state index in [4.69, 9.17) is 14.5 Å². The number of anilines is 1. The number of amides is 2. The number of carbonyl (C=O) groups is 2. The summed E-state index contributed by atoms with van der Waals surface area (Å²) in [6.07, 6.45) is 1.65. The molecule has 2 unspecified atom stereocenters. The Kier molecular flexibility index (Phi) is 6.00. The molecule has 2 atom stereocenters. The number of fused-ring (bicyclic) bond motifs is 3. The number of nitrogens with one attached hydrogen (secondary N) is 1. The van der Waals surface area contributed by atoms with Crippen molar-refractivity contribution in [1.82, 2.24) is 15.2 Å². The number of piperazine rings is 1. The van der Waals surface area contributed by atoms with Gasteiger partial charge in [-0.2, -0.15) is 0 Å². The maximum absolute atomic E-state index is 12.5. The second-order valence-corrected chi connectivity index (χ2v) is 8.53. The van der Waals surface area contributed by atoms with Crippen LogP contribution in [0.15, 0.2) is 24.8 Å². The largest absolute Gasteiger partial charge is 0.444 e. The minimum Gasteiger partial charge on any atom is -0.444 e. The lowest BCUT2D eigenvalue weighted by atomic mass is 10.1. The minimum absolute atomic E-state index is 0.104. The maximum atomic E-state index is 12.5. The van der Waals surface area contributed by atoms with Gasteiger partial charge in [-0.1, -0.05) is 12.1 Å². The Bertz CT molecular complexity index is 789. The lowest BCUT2D eigenvalue weighted by Crippen LogP contribution is -2.58. The Morgan fingerprint density at radius 1 is 1.34 bits per heavy atom. The molecular weight excluding hydrogens is 372 g/mol. The number of ether oxygens (including phenoxy) is 2. The molecule has 0 bridgehead atoms. The summed E-state index contributed by atoms with van der Waals surface area (Å²) in [5, 5.41) is 2.57. The van der Waals surface area contributed by atoms with Gasteiger partial charge in [0.05, 0.1) is 11.7 Å². The number of hydrogen-bond donors (Lipinski definition) is 1. The average Bonchev–Trinajstić information content (AvgIpc) is 3.01. The maximum Gasteiger partial charge on any atom is 0.410 e. The molecule has 0 spiro atoms. The molecule has 1 N–H and O–H groups in total. The summed E-state index contributed by atoms with van der Waals surface area (Å²) in [5.74, 6) is 0.916. The fraction of sp³-hybridized carbons (Fsp3) is 0.571. The summed E-state index contributed by atoms with van der Waals surface area (Å²) >= 11 is 0. The average molecular weight is 402 g/mol. The number of nitrogens with zero attached hydrogens (tertiary/aromatic N) is 3. The summed E-state index contributed by atoms with van der Waals surface area (Å²) in [6, 6.07) is 4.20. The number of aromatic nitrogens is 1. The van der Waals surface area contributed by atoms with Crippen molar-refractivity contribution >= 4 is 18.0 Å². The van der Waals surface area contributed by atoms with Crippen LogP contribution in [0.5, 0.6) is 0 Å². The Balaban J connectivity index is 1.66. The highest BCUT2D eigenvalue weighted by Gasteiger charge is 2.41. The molecule has 0 aromatic carbocycles. The molecule has 1 fully saturated rings. The van der Waals surface area contributed by atoms with Crippen LogP contribution in [0.25, 0.3) is 0 Å². The van der Waals surface area contributed by atoms with Gasteiger partial charge in [0.25, 0.3) is 0 Å². The monoisotopic (exact) mass is 402 g/mol. The van der Waals surface area contributed by atoms with Crippen molar-refractivity contribution < 1.29 is 19.1 Å². The Morgan fingerprint density at radius 2 is 2.10 bits per heavy atom. The quantitative estimate of drug-likeness (QED) is 0.780. The first-order valence-corrected chi connectivity index (χ1v) is 9.94. The van der Waals surface area contributed by atoms with E-state index in [0.717, 1.165) is 17.8 Å². The van der Waals surface area contributed by atoms with Crippen molar-refractivity contribution in [2.45, 2.75) is 58.4 Å². The Morgan fingerprint density at radius 3 is 2.79 bits per heavy atom. The van der Waals surface area contributed by atoms with Gasteiger partial charge in [-0.25, -0.2) is 14.6 Å². The third-order valence-electron chi connectivity index (χ3n) is 4.89. The number of carbonyl (C=O) groups excluding carboxylic acids is 2. The van der Waals surface area contributed by atoms with Crippen LogP contribution in [-0.2, 0) is 22.5 Å². The van der Waals surface area contributed by atoms with Crippen molar-refractivity contribution in [1.29, 1.82) is 0 Å². The van der Waals surface area contributed by atoms with E-state index >= 15 is 0 Å². The van der Waals surface area contributed by atoms with E-state index in [-0.39, 0.29) is 24.8 Å². The van der Waals surface area contributed by atoms with E-state index in [9.17, 15) is 9.59 Å². The van der Waals surface area contributed by atoms with Crippen LogP contribution in [0, 0.1) is 0 Å². The van der Waals surface area contributed by atoms with Crippen molar-refractivity contribution in [2.24, 2.45) is 0 Å². The zero-order valence-electron chi connectivity index (χ0n) is 17.6. The van der Waals surface area contributed by atoms with Crippen LogP contribution >= 0.6 is 0 Å². The summed E-state index contributed by atoms with van der Waals surface area (Å²) in [6.45, 7) is 12.9. The molecule has 1 aromatic heterocycles. The van der Waals surface area contributed by atoms with Gasteiger partial charge < -0.3 is 24.6 Å². The molecular formula is C21H30N4O4. The Hall–Kier alpha value is -2.77. The van der Waals surface area contributed by atoms with Gasteiger partial charge in [-0.3, -0.25) is 0 Å². The Labute approximate surface area is 171 Å². The van der Waals surface area contributed by atoms with Crippen LogP contribution in [0.3, 0.4) is 0 Å². The first kappa shape index (κ1) is 21.0. The summed E-state index contributed by atoms with van der Waals surface area (Å²) < 4.78 is 10.7. The molecule has 3 rings (SSSR count). The molecule has 1 saturated heterocycles. The molecule has 158 valence electrons. The number of alkyl carbamates (subject to hydrolysis) is 1. The second kappa shape index (κ2) is 8.31. The van der Waals surface area contributed by atoms with E-state index in [2.05, 4.69) is 23.7 Å². The van der Waals surface area contributed by atoms with Crippen LogP contribution in [0.4, 0.5) is 15.4 Å². The molecule has 2 aliphatic rings. The van der Waals surface area contributed by atoms with Crippen LogP contribution in [-0.4, -0.2) is 59.4 Å². The van der Waals surface area contributed by atoms with Gasteiger partial charge in [0.15, 0.2) is 0 Å². The first-order valence-electron chi connectivity index (χ1n) is 9.94. The van der Waals surface area contributed by atoms with Gasteiger partial charge in [-0.15, -0.1) is 6.58 Å². The molecule has 8 heteroatoms. The molecule has 3 heterocycles. The number of hydrogen-bond acceptors (Lipinski definition) is 6. The lowest BCUT2D eigenvalue weighted by Gasteiger charge is -2.43. The zero-order valence-corrected chi connectivity index (χ0v) is 17.6. The van der Waals surface area contributed by atoms with E-state index in [0.29, 0.717) is 25.3 Å². The van der Waals surface area contributed by atoms with E-state index in [1.807, 2.05) is 32.9 Å². The predicted molar refractivity (Wildman–Crippen MR) is 110 cm³/mol. The summed E-state index contributed by atoms with van der Waals surface area (Å²) in [4.78, 5) is 32.9. The fourth-order valence-corrected chi connectivity index (χ4v) is 3.78. The highest BCUT2D eigenvalue weighted by atomic mass is 16.6. The van der Waals surface area contributed by atoms with E-state index < -0.39 is 11.7 Å². The normalized spacial score (nSPS) is 20.6. The number of rotatable bonds is 4. The van der Waals surface area contributed by atoms with Crippen LogP contribution in [0.1, 0.15) is 39.0 Å². The van der Waals surface area contributed by atoms with Gasteiger partial charge >= 0.3 is 12.2 Å². The summed E-state index contributed by atoms with van der Waals surface area (Å²) in [7, 11) is 0. The van der Waals surface area contributed by atoms with Gasteiger partial charge in [-0.05, 0) is 45.7 Å². The SMILES string of the molecule is C=CCNC(=O)OCc1ccc2c(n1)N1C(C)CN(C(=O)OC(C)(C)C)CC1C2. The molecule has 8 nitrogen and oxygen atoms in total. The molecule has 0 saturated carbocycles. The molecule has 2 amide bonds.